The summed E-state index contributed by atoms with van der Waals surface area (Å²) in [5, 5.41) is 3.93. The van der Waals surface area contributed by atoms with Gasteiger partial charge in [0, 0.05) is 18.5 Å². The topological polar surface area (TPSA) is 78.1 Å². The SMILES string of the molecule is O=C1C[C@H]2NCC[C@H]2N1Cc1nc2ccccc2c(=O)[nH]1. The van der Waals surface area contributed by atoms with Crippen LogP contribution >= 0.6 is 0 Å². The van der Waals surface area contributed by atoms with Gasteiger partial charge in [0.25, 0.3) is 5.56 Å². The van der Waals surface area contributed by atoms with E-state index in [0.717, 1.165) is 13.0 Å². The summed E-state index contributed by atoms with van der Waals surface area (Å²) < 4.78 is 0. The van der Waals surface area contributed by atoms with E-state index in [-0.39, 0.29) is 23.6 Å². The van der Waals surface area contributed by atoms with Gasteiger partial charge in [0.15, 0.2) is 0 Å². The first kappa shape index (κ1) is 12.5. The van der Waals surface area contributed by atoms with Crippen LogP contribution in [0.3, 0.4) is 0 Å². The highest BCUT2D eigenvalue weighted by molar-refractivity contribution is 5.80. The van der Waals surface area contributed by atoms with Gasteiger partial charge in [-0.25, -0.2) is 4.98 Å². The lowest BCUT2D eigenvalue weighted by Crippen LogP contribution is -2.36. The Morgan fingerprint density at radius 1 is 1.29 bits per heavy atom. The molecule has 0 aliphatic carbocycles. The second-order valence-corrected chi connectivity index (χ2v) is 5.67. The van der Waals surface area contributed by atoms with Gasteiger partial charge in [-0.05, 0) is 25.1 Å². The van der Waals surface area contributed by atoms with E-state index in [2.05, 4.69) is 15.3 Å². The number of aromatic nitrogens is 2. The minimum atomic E-state index is -0.150. The van der Waals surface area contributed by atoms with Crippen LogP contribution in [0.5, 0.6) is 0 Å². The van der Waals surface area contributed by atoms with Crippen molar-refractivity contribution in [3.63, 3.8) is 0 Å². The van der Waals surface area contributed by atoms with Crippen molar-refractivity contribution >= 4 is 16.8 Å². The van der Waals surface area contributed by atoms with Crippen molar-refractivity contribution in [2.45, 2.75) is 31.5 Å². The third kappa shape index (κ3) is 2.03. The van der Waals surface area contributed by atoms with Gasteiger partial charge >= 0.3 is 0 Å². The van der Waals surface area contributed by atoms with Gasteiger partial charge in [-0.2, -0.15) is 0 Å². The van der Waals surface area contributed by atoms with Gasteiger partial charge in [0.2, 0.25) is 5.91 Å². The predicted molar refractivity (Wildman–Crippen MR) is 77.7 cm³/mol. The standard InChI is InChI=1S/C15H16N4O2/c20-14-7-11-12(5-6-16-11)19(14)8-13-17-10-4-2-1-3-9(10)15(21)18-13/h1-4,11-12,16H,5-8H2,(H,17,18,21)/t11-,12-/m1/s1. The molecule has 108 valence electrons. The van der Waals surface area contributed by atoms with Gasteiger partial charge in [-0.1, -0.05) is 12.1 Å². The Morgan fingerprint density at radius 2 is 2.14 bits per heavy atom. The van der Waals surface area contributed by atoms with Crippen LogP contribution in [0, 0.1) is 0 Å². The van der Waals surface area contributed by atoms with Gasteiger partial charge in [0.1, 0.15) is 5.82 Å². The predicted octanol–water partition coefficient (Wildman–Crippen LogP) is 0.386. The zero-order valence-corrected chi connectivity index (χ0v) is 11.5. The zero-order valence-electron chi connectivity index (χ0n) is 11.5. The molecule has 6 heteroatoms. The molecule has 1 amide bonds. The van der Waals surface area contributed by atoms with E-state index >= 15 is 0 Å². The van der Waals surface area contributed by atoms with Crippen LogP contribution < -0.4 is 10.9 Å². The molecule has 2 aliphatic rings. The van der Waals surface area contributed by atoms with Crippen molar-refractivity contribution in [3.05, 3.63) is 40.4 Å². The van der Waals surface area contributed by atoms with Crippen molar-refractivity contribution in [2.75, 3.05) is 6.54 Å². The van der Waals surface area contributed by atoms with E-state index in [1.807, 2.05) is 23.1 Å². The zero-order chi connectivity index (χ0) is 14.4. The smallest absolute Gasteiger partial charge is 0.258 e. The Bertz CT molecular complexity index is 770. The Morgan fingerprint density at radius 3 is 3.05 bits per heavy atom. The number of amides is 1. The van der Waals surface area contributed by atoms with Crippen molar-refractivity contribution < 1.29 is 4.79 Å². The maximum Gasteiger partial charge on any atom is 0.258 e. The number of fused-ring (bicyclic) bond motifs is 2. The van der Waals surface area contributed by atoms with Gasteiger partial charge in [-0.15, -0.1) is 0 Å². The number of carbonyl (C=O) groups is 1. The van der Waals surface area contributed by atoms with Crippen molar-refractivity contribution in [2.24, 2.45) is 0 Å². The van der Waals surface area contributed by atoms with Crippen molar-refractivity contribution in [1.82, 2.24) is 20.2 Å². The monoisotopic (exact) mass is 284 g/mol. The van der Waals surface area contributed by atoms with Gasteiger partial charge in [0.05, 0.1) is 17.4 Å². The van der Waals surface area contributed by atoms with E-state index in [9.17, 15) is 9.59 Å². The average Bonchev–Trinajstić information content (AvgIpc) is 3.02. The number of carbonyl (C=O) groups excluding carboxylic acids is 1. The molecular formula is C15H16N4O2. The number of likely N-dealkylation sites (tertiary alicyclic amines) is 1. The van der Waals surface area contributed by atoms with Crippen molar-refractivity contribution in [1.29, 1.82) is 0 Å². The van der Waals surface area contributed by atoms with E-state index in [4.69, 9.17) is 0 Å². The normalized spacial score (nSPS) is 24.8. The molecule has 3 heterocycles. The highest BCUT2D eigenvalue weighted by atomic mass is 16.2. The van der Waals surface area contributed by atoms with Crippen LogP contribution in [0.1, 0.15) is 18.7 Å². The van der Waals surface area contributed by atoms with Gasteiger partial charge < -0.3 is 15.2 Å². The molecule has 0 radical (unpaired) electrons. The molecule has 0 bridgehead atoms. The number of hydrogen-bond acceptors (Lipinski definition) is 4. The first-order chi connectivity index (χ1) is 10.2. The first-order valence-corrected chi connectivity index (χ1v) is 7.23. The van der Waals surface area contributed by atoms with Crippen LogP contribution in [-0.4, -0.2) is 39.4 Å². The highest BCUT2D eigenvalue weighted by Gasteiger charge is 2.42. The number of aromatic amines is 1. The fraction of sp³-hybridized carbons (Fsp3) is 0.400. The number of para-hydroxylation sites is 1. The van der Waals surface area contributed by atoms with Crippen LogP contribution in [0.25, 0.3) is 10.9 Å². The van der Waals surface area contributed by atoms with Crippen LogP contribution in [0.2, 0.25) is 0 Å². The molecule has 1 aromatic heterocycles. The molecule has 2 saturated heterocycles. The Balaban J connectivity index is 1.68. The summed E-state index contributed by atoms with van der Waals surface area (Å²) in [4.78, 5) is 33.3. The molecule has 2 aliphatic heterocycles. The Hall–Kier alpha value is -2.21. The summed E-state index contributed by atoms with van der Waals surface area (Å²) in [5.41, 5.74) is 0.521. The lowest BCUT2D eigenvalue weighted by Gasteiger charge is -2.22. The molecule has 21 heavy (non-hydrogen) atoms. The Kier molecular flexibility index (Phi) is 2.78. The van der Waals surface area contributed by atoms with Gasteiger partial charge in [-0.3, -0.25) is 9.59 Å². The molecule has 2 fully saturated rings. The van der Waals surface area contributed by atoms with Crippen molar-refractivity contribution in [3.8, 4) is 0 Å². The average molecular weight is 284 g/mol. The minimum absolute atomic E-state index is 0.132. The van der Waals surface area contributed by atoms with E-state index in [1.54, 1.807) is 6.07 Å². The fourth-order valence-corrected chi connectivity index (χ4v) is 3.40. The lowest BCUT2D eigenvalue weighted by atomic mass is 10.1. The number of benzene rings is 1. The number of hydrogen-bond donors (Lipinski definition) is 2. The molecule has 2 N–H and O–H groups in total. The van der Waals surface area contributed by atoms with E-state index < -0.39 is 0 Å². The molecule has 4 rings (SSSR count). The number of rotatable bonds is 2. The summed E-state index contributed by atoms with van der Waals surface area (Å²) in [7, 11) is 0. The third-order valence-corrected chi connectivity index (χ3v) is 4.41. The summed E-state index contributed by atoms with van der Waals surface area (Å²) >= 11 is 0. The van der Waals surface area contributed by atoms with E-state index in [0.29, 0.717) is 29.7 Å². The molecule has 0 saturated carbocycles. The summed E-state index contributed by atoms with van der Waals surface area (Å²) in [6.07, 6.45) is 1.51. The third-order valence-electron chi connectivity index (χ3n) is 4.41. The second kappa shape index (κ2) is 4.66. The molecule has 0 spiro atoms. The minimum Gasteiger partial charge on any atom is -0.331 e. The lowest BCUT2D eigenvalue weighted by molar-refractivity contribution is -0.129. The summed E-state index contributed by atoms with van der Waals surface area (Å²) in [6, 6.07) is 7.73. The maximum absolute atomic E-state index is 12.1. The van der Waals surface area contributed by atoms with Crippen LogP contribution in [0.15, 0.2) is 29.1 Å². The molecule has 6 nitrogen and oxygen atoms in total. The molecular weight excluding hydrogens is 268 g/mol. The molecule has 2 atom stereocenters. The summed E-state index contributed by atoms with van der Waals surface area (Å²) in [6.45, 7) is 1.32. The largest absolute Gasteiger partial charge is 0.331 e. The fourth-order valence-electron chi connectivity index (χ4n) is 3.40. The highest BCUT2D eigenvalue weighted by Crippen LogP contribution is 2.27. The molecule has 2 aromatic rings. The second-order valence-electron chi connectivity index (χ2n) is 5.67. The quantitative estimate of drug-likeness (QED) is 0.836. The summed E-state index contributed by atoms with van der Waals surface area (Å²) in [5.74, 6) is 0.688. The number of H-pyrrole nitrogens is 1. The number of nitrogens with zero attached hydrogens (tertiary/aromatic N) is 2. The Labute approximate surface area is 121 Å². The van der Waals surface area contributed by atoms with Crippen LogP contribution in [0.4, 0.5) is 0 Å². The molecule has 0 unspecified atom stereocenters. The molecule has 1 aromatic carbocycles. The maximum atomic E-state index is 12.1. The first-order valence-electron chi connectivity index (χ1n) is 7.23. The van der Waals surface area contributed by atoms with Crippen LogP contribution in [-0.2, 0) is 11.3 Å². The van der Waals surface area contributed by atoms with E-state index in [1.165, 1.54) is 0 Å². The number of nitrogens with one attached hydrogen (secondary N) is 2.